The Labute approximate surface area is 139 Å². The molecule has 1 aromatic carbocycles. The highest BCUT2D eigenvalue weighted by Gasteiger charge is 2.40. The molecule has 10 heteroatoms. The van der Waals surface area contributed by atoms with Gasteiger partial charge in [-0.3, -0.25) is 9.89 Å². The van der Waals surface area contributed by atoms with Crippen LogP contribution in [0.25, 0.3) is 0 Å². The standard InChI is InChI=1S/C14H11ClF3N5O/c1-7-12(23(22-20-7)10-5-6-19-21-10)13(24)8-3-2-4-9(11(8)15)14(16,17)18/h2-7,12H,1H3,(H,19,21). The molecule has 0 spiro atoms. The van der Waals surface area contributed by atoms with Crippen molar-refractivity contribution in [1.29, 1.82) is 0 Å². The zero-order valence-corrected chi connectivity index (χ0v) is 13.0. The molecule has 2 unspecified atom stereocenters. The third-order valence-corrected chi connectivity index (χ3v) is 4.03. The molecule has 0 saturated carbocycles. The smallest absolute Gasteiger partial charge is 0.292 e. The number of benzene rings is 1. The van der Waals surface area contributed by atoms with Crippen LogP contribution in [0.5, 0.6) is 0 Å². The maximum atomic E-state index is 13.0. The molecular weight excluding hydrogens is 347 g/mol. The van der Waals surface area contributed by atoms with Gasteiger partial charge in [-0.15, -0.1) is 0 Å². The molecule has 2 aromatic rings. The number of aromatic nitrogens is 2. The van der Waals surface area contributed by atoms with E-state index in [-0.39, 0.29) is 5.56 Å². The van der Waals surface area contributed by atoms with Gasteiger partial charge in [0.1, 0.15) is 17.9 Å². The van der Waals surface area contributed by atoms with Gasteiger partial charge in [-0.05, 0) is 19.1 Å². The summed E-state index contributed by atoms with van der Waals surface area (Å²) in [7, 11) is 0. The number of nitrogens with zero attached hydrogens (tertiary/aromatic N) is 4. The summed E-state index contributed by atoms with van der Waals surface area (Å²) in [6.07, 6.45) is -3.18. The van der Waals surface area contributed by atoms with Crippen molar-refractivity contribution in [2.75, 3.05) is 5.01 Å². The van der Waals surface area contributed by atoms with E-state index in [1.807, 2.05) is 0 Å². The van der Waals surface area contributed by atoms with Crippen LogP contribution in [0.2, 0.25) is 5.02 Å². The highest BCUT2D eigenvalue weighted by Crippen LogP contribution is 2.37. The molecule has 0 saturated heterocycles. The van der Waals surface area contributed by atoms with Crippen LogP contribution in [-0.2, 0) is 6.18 Å². The van der Waals surface area contributed by atoms with Crippen molar-refractivity contribution >= 4 is 23.2 Å². The number of hydrogen-bond acceptors (Lipinski definition) is 5. The van der Waals surface area contributed by atoms with Crippen LogP contribution in [0.1, 0.15) is 22.8 Å². The largest absolute Gasteiger partial charge is 0.417 e. The molecule has 1 aromatic heterocycles. The molecular formula is C14H11ClF3N5O. The number of H-pyrrole nitrogens is 1. The van der Waals surface area contributed by atoms with E-state index in [9.17, 15) is 18.0 Å². The van der Waals surface area contributed by atoms with Crippen LogP contribution in [-0.4, -0.2) is 28.1 Å². The third-order valence-electron chi connectivity index (χ3n) is 3.62. The van der Waals surface area contributed by atoms with Crippen molar-refractivity contribution in [3.63, 3.8) is 0 Å². The van der Waals surface area contributed by atoms with Gasteiger partial charge in [0, 0.05) is 11.6 Å². The first-order chi connectivity index (χ1) is 11.3. The van der Waals surface area contributed by atoms with Gasteiger partial charge in [-0.2, -0.15) is 23.4 Å². The van der Waals surface area contributed by atoms with Crippen molar-refractivity contribution in [3.8, 4) is 0 Å². The maximum absolute atomic E-state index is 13.0. The molecule has 2 heterocycles. The second-order valence-corrected chi connectivity index (χ2v) is 5.58. The summed E-state index contributed by atoms with van der Waals surface area (Å²) in [5, 5.41) is 14.9. The first-order valence-electron chi connectivity index (χ1n) is 6.90. The van der Waals surface area contributed by atoms with Crippen LogP contribution in [0.15, 0.2) is 40.8 Å². The summed E-state index contributed by atoms with van der Waals surface area (Å²) in [6.45, 7) is 1.64. The van der Waals surface area contributed by atoms with E-state index in [0.717, 1.165) is 12.1 Å². The van der Waals surface area contributed by atoms with E-state index >= 15 is 0 Å². The number of carbonyl (C=O) groups is 1. The van der Waals surface area contributed by atoms with Gasteiger partial charge in [0.15, 0.2) is 5.78 Å². The number of Topliss-reactive ketones (excluding diaryl/α,β-unsaturated/α-hetero) is 1. The Hall–Kier alpha value is -2.42. The Morgan fingerprint density at radius 2 is 2.08 bits per heavy atom. The van der Waals surface area contributed by atoms with E-state index in [2.05, 4.69) is 20.5 Å². The molecule has 0 fully saturated rings. The molecule has 1 N–H and O–H groups in total. The van der Waals surface area contributed by atoms with Crippen LogP contribution in [0.3, 0.4) is 0 Å². The number of hydrogen-bond donors (Lipinski definition) is 1. The number of ketones is 1. The van der Waals surface area contributed by atoms with Crippen molar-refractivity contribution < 1.29 is 18.0 Å². The van der Waals surface area contributed by atoms with E-state index in [4.69, 9.17) is 11.6 Å². The normalized spacial score (nSPS) is 20.6. The maximum Gasteiger partial charge on any atom is 0.417 e. The molecule has 24 heavy (non-hydrogen) atoms. The summed E-state index contributed by atoms with van der Waals surface area (Å²) in [5.74, 6) is -0.192. The number of anilines is 1. The summed E-state index contributed by atoms with van der Waals surface area (Å²) in [5.41, 5.74) is -1.28. The number of alkyl halides is 3. The van der Waals surface area contributed by atoms with Gasteiger partial charge < -0.3 is 0 Å². The first kappa shape index (κ1) is 16.4. The molecule has 0 amide bonds. The van der Waals surface area contributed by atoms with Gasteiger partial charge >= 0.3 is 6.18 Å². The molecule has 0 radical (unpaired) electrons. The van der Waals surface area contributed by atoms with Crippen LogP contribution < -0.4 is 5.01 Å². The van der Waals surface area contributed by atoms with Gasteiger partial charge in [0.2, 0.25) is 0 Å². The van der Waals surface area contributed by atoms with Crippen LogP contribution >= 0.6 is 11.6 Å². The highest BCUT2D eigenvalue weighted by molar-refractivity contribution is 6.35. The minimum absolute atomic E-state index is 0.222. The summed E-state index contributed by atoms with van der Waals surface area (Å²) in [6, 6.07) is 3.36. The lowest BCUT2D eigenvalue weighted by molar-refractivity contribution is -0.137. The zero-order valence-electron chi connectivity index (χ0n) is 12.3. The predicted octanol–water partition coefficient (Wildman–Crippen LogP) is 3.91. The number of halogens is 4. The lowest BCUT2D eigenvalue weighted by atomic mass is 9.97. The molecule has 1 aliphatic heterocycles. The minimum Gasteiger partial charge on any atom is -0.292 e. The first-order valence-corrected chi connectivity index (χ1v) is 7.28. The molecule has 1 aliphatic rings. The fourth-order valence-corrected chi connectivity index (χ4v) is 2.79. The van der Waals surface area contributed by atoms with Crippen molar-refractivity contribution in [3.05, 3.63) is 46.6 Å². The lowest BCUT2D eigenvalue weighted by Crippen LogP contribution is -2.41. The van der Waals surface area contributed by atoms with E-state index < -0.39 is 34.6 Å². The highest BCUT2D eigenvalue weighted by atomic mass is 35.5. The van der Waals surface area contributed by atoms with Crippen molar-refractivity contribution in [2.24, 2.45) is 10.3 Å². The topological polar surface area (TPSA) is 73.7 Å². The Morgan fingerprint density at radius 1 is 1.33 bits per heavy atom. The lowest BCUT2D eigenvalue weighted by Gasteiger charge is -2.22. The monoisotopic (exact) mass is 357 g/mol. The zero-order chi connectivity index (χ0) is 17.5. The second-order valence-electron chi connectivity index (χ2n) is 5.21. The molecule has 3 rings (SSSR count). The molecule has 0 aliphatic carbocycles. The quantitative estimate of drug-likeness (QED) is 0.846. The Balaban J connectivity index is 2.00. The average molecular weight is 358 g/mol. The van der Waals surface area contributed by atoms with Crippen molar-refractivity contribution in [2.45, 2.75) is 25.2 Å². The number of aromatic amines is 1. The summed E-state index contributed by atoms with van der Waals surface area (Å²) in [4.78, 5) is 12.8. The minimum atomic E-state index is -4.65. The number of nitrogens with one attached hydrogen (secondary N) is 1. The molecule has 0 bridgehead atoms. The number of rotatable bonds is 3. The van der Waals surface area contributed by atoms with Gasteiger partial charge in [-0.25, -0.2) is 5.01 Å². The van der Waals surface area contributed by atoms with E-state index in [1.165, 1.54) is 17.3 Å². The van der Waals surface area contributed by atoms with E-state index in [1.54, 1.807) is 13.0 Å². The summed E-state index contributed by atoms with van der Waals surface area (Å²) < 4.78 is 39.0. The predicted molar refractivity (Wildman–Crippen MR) is 80.0 cm³/mol. The van der Waals surface area contributed by atoms with Gasteiger partial charge in [-0.1, -0.05) is 22.9 Å². The molecule has 2 atom stereocenters. The Bertz CT molecular complexity index is 790. The second kappa shape index (κ2) is 5.90. The van der Waals surface area contributed by atoms with Gasteiger partial charge in [0.05, 0.1) is 16.8 Å². The fourth-order valence-electron chi connectivity index (χ4n) is 2.47. The van der Waals surface area contributed by atoms with Gasteiger partial charge in [0.25, 0.3) is 0 Å². The Morgan fingerprint density at radius 3 is 2.71 bits per heavy atom. The van der Waals surface area contributed by atoms with E-state index in [0.29, 0.717) is 5.82 Å². The van der Waals surface area contributed by atoms with Crippen molar-refractivity contribution in [1.82, 2.24) is 10.2 Å². The average Bonchev–Trinajstić information content (AvgIpc) is 3.14. The molecule has 6 nitrogen and oxygen atoms in total. The third kappa shape index (κ3) is 2.75. The fraction of sp³-hybridized carbons (Fsp3) is 0.286. The summed E-state index contributed by atoms with van der Waals surface area (Å²) >= 11 is 5.85. The van der Waals surface area contributed by atoms with Crippen LogP contribution in [0, 0.1) is 0 Å². The molecule has 126 valence electrons. The SMILES string of the molecule is CC1N=NN(c2ccn[nH]2)C1C(=O)c1cccc(C(F)(F)F)c1Cl. The van der Waals surface area contributed by atoms with Crippen LogP contribution in [0.4, 0.5) is 19.0 Å². The Kier molecular flexibility index (Phi) is 4.04. The number of carbonyl (C=O) groups excluding carboxylic acids is 1.